The normalized spacial score (nSPS) is 20.6. The molecule has 1 fully saturated rings. The lowest BCUT2D eigenvalue weighted by molar-refractivity contribution is -0.116. The zero-order valence-corrected chi connectivity index (χ0v) is 22.3. The van der Waals surface area contributed by atoms with E-state index in [-0.39, 0.29) is 34.5 Å². The van der Waals surface area contributed by atoms with Crippen LogP contribution < -0.4 is 10.9 Å². The number of halogens is 2. The van der Waals surface area contributed by atoms with E-state index >= 15 is 0 Å². The Bertz CT molecular complexity index is 1930. The van der Waals surface area contributed by atoms with E-state index in [2.05, 4.69) is 26.7 Å². The van der Waals surface area contributed by atoms with Crippen LogP contribution in [-0.4, -0.2) is 40.4 Å². The number of aromatic amines is 1. The molecule has 0 saturated heterocycles. The van der Waals surface area contributed by atoms with E-state index in [0.717, 1.165) is 40.6 Å². The van der Waals surface area contributed by atoms with Crippen LogP contribution in [0.1, 0.15) is 42.0 Å². The molecule has 5 heterocycles. The van der Waals surface area contributed by atoms with Crippen molar-refractivity contribution in [1.82, 2.24) is 34.5 Å². The van der Waals surface area contributed by atoms with E-state index in [9.17, 15) is 9.59 Å². The first-order valence-electron chi connectivity index (χ1n) is 12.9. The van der Waals surface area contributed by atoms with Crippen LogP contribution in [0.4, 0.5) is 5.69 Å². The largest absolute Gasteiger partial charge is 0.340 e. The van der Waals surface area contributed by atoms with Gasteiger partial charge < -0.3 is 10.3 Å². The Kier molecular flexibility index (Phi) is 5.08. The summed E-state index contributed by atoms with van der Waals surface area (Å²) in [6, 6.07) is 12.6. The van der Waals surface area contributed by atoms with Gasteiger partial charge in [-0.05, 0) is 60.2 Å². The van der Waals surface area contributed by atoms with Crippen molar-refractivity contribution in [3.05, 3.63) is 92.6 Å². The highest BCUT2D eigenvalue weighted by Crippen LogP contribution is 2.59. The molecule has 10 nitrogen and oxygen atoms in total. The molecule has 40 heavy (non-hydrogen) atoms. The fraction of sp³-hybridized carbons (Fsp3) is 0.214. The van der Waals surface area contributed by atoms with Crippen molar-refractivity contribution in [2.24, 2.45) is 5.92 Å². The van der Waals surface area contributed by atoms with Crippen molar-refractivity contribution >= 4 is 34.8 Å². The number of nitrogens with one attached hydrogen (secondary N) is 2. The Morgan fingerprint density at radius 3 is 2.77 bits per heavy atom. The second kappa shape index (κ2) is 8.61. The number of H-pyrrole nitrogens is 1. The molecule has 1 saturated carbocycles. The number of imidazole rings is 1. The highest BCUT2D eigenvalue weighted by Gasteiger charge is 2.55. The molecule has 2 aromatic carbocycles. The van der Waals surface area contributed by atoms with Crippen molar-refractivity contribution < 1.29 is 4.79 Å². The lowest BCUT2D eigenvalue weighted by atomic mass is 9.99. The number of aromatic nitrogens is 7. The lowest BCUT2D eigenvalue weighted by Crippen LogP contribution is -2.27. The molecule has 0 spiro atoms. The number of hydrogen-bond acceptors (Lipinski definition) is 6. The summed E-state index contributed by atoms with van der Waals surface area (Å²) in [4.78, 5) is 38.5. The number of hydrogen-bond donors (Lipinski definition) is 2. The zero-order valence-electron chi connectivity index (χ0n) is 20.8. The molecule has 8 rings (SSSR count). The van der Waals surface area contributed by atoms with Crippen molar-refractivity contribution in [3.8, 4) is 28.2 Å². The van der Waals surface area contributed by atoms with Gasteiger partial charge in [0.25, 0.3) is 5.56 Å². The smallest absolute Gasteiger partial charge is 0.254 e. The maximum atomic E-state index is 13.6. The van der Waals surface area contributed by atoms with E-state index < -0.39 is 0 Å². The minimum Gasteiger partial charge on any atom is -0.340 e. The summed E-state index contributed by atoms with van der Waals surface area (Å²) >= 11 is 12.3. The first-order valence-corrected chi connectivity index (χ1v) is 13.7. The molecule has 3 aromatic heterocycles. The molecule has 1 amide bonds. The van der Waals surface area contributed by atoms with Crippen LogP contribution >= 0.6 is 23.2 Å². The highest BCUT2D eigenvalue weighted by atomic mass is 35.5. The van der Waals surface area contributed by atoms with E-state index in [0.29, 0.717) is 34.8 Å². The minimum atomic E-state index is -0.215. The monoisotopic (exact) mass is 570 g/mol. The van der Waals surface area contributed by atoms with Crippen molar-refractivity contribution in [2.75, 3.05) is 5.32 Å². The number of nitrogens with zero attached hydrogens (tertiary/aromatic N) is 6. The number of anilines is 1. The van der Waals surface area contributed by atoms with Crippen LogP contribution in [0.15, 0.2) is 59.7 Å². The summed E-state index contributed by atoms with van der Waals surface area (Å²) in [6.45, 7) is 0. The van der Waals surface area contributed by atoms with Crippen LogP contribution in [0.25, 0.3) is 28.2 Å². The lowest BCUT2D eigenvalue weighted by Gasteiger charge is -2.18. The van der Waals surface area contributed by atoms with Gasteiger partial charge in [0.05, 0.1) is 35.5 Å². The van der Waals surface area contributed by atoms with Crippen molar-refractivity contribution in [2.45, 2.75) is 31.2 Å². The molecule has 3 aliphatic rings. The predicted molar refractivity (Wildman–Crippen MR) is 149 cm³/mol. The molecule has 2 aliphatic heterocycles. The van der Waals surface area contributed by atoms with Gasteiger partial charge in [-0.2, -0.15) is 0 Å². The Morgan fingerprint density at radius 2 is 1.93 bits per heavy atom. The maximum Gasteiger partial charge on any atom is 0.254 e. The predicted octanol–water partition coefficient (Wildman–Crippen LogP) is 4.78. The zero-order chi connectivity index (χ0) is 27.1. The van der Waals surface area contributed by atoms with E-state index in [1.807, 2.05) is 18.3 Å². The molecule has 0 bridgehead atoms. The van der Waals surface area contributed by atoms with Gasteiger partial charge in [0, 0.05) is 34.7 Å². The van der Waals surface area contributed by atoms with E-state index in [1.54, 1.807) is 33.6 Å². The van der Waals surface area contributed by atoms with E-state index in [4.69, 9.17) is 33.2 Å². The van der Waals surface area contributed by atoms with Gasteiger partial charge in [0.15, 0.2) is 5.15 Å². The van der Waals surface area contributed by atoms with Gasteiger partial charge in [-0.1, -0.05) is 34.5 Å². The summed E-state index contributed by atoms with van der Waals surface area (Å²) in [5.74, 6) is 1.97. The topological polar surface area (TPSA) is 123 Å². The molecular formula is C28H20Cl2N8O2. The van der Waals surface area contributed by atoms with E-state index in [1.165, 1.54) is 6.07 Å². The summed E-state index contributed by atoms with van der Waals surface area (Å²) in [5.41, 5.74) is 5.52. The average molecular weight is 571 g/mol. The van der Waals surface area contributed by atoms with Gasteiger partial charge in [-0.25, -0.2) is 14.6 Å². The second-order valence-electron chi connectivity index (χ2n) is 10.4. The third kappa shape index (κ3) is 3.70. The quantitative estimate of drug-likeness (QED) is 0.320. The fourth-order valence-electron chi connectivity index (χ4n) is 6.02. The first kappa shape index (κ1) is 23.6. The molecule has 3 atom stereocenters. The van der Waals surface area contributed by atoms with Gasteiger partial charge in [-0.3, -0.25) is 14.2 Å². The number of carbonyl (C=O) groups excluding carboxylic acids is 1. The summed E-state index contributed by atoms with van der Waals surface area (Å²) in [5, 5.41) is 11.6. The SMILES string of the molecule is O=C1CCc2cc(-c3cnc(C4C5CC5c5nc(-c6cc(Cl)ccc6-n6cc(Cl)nn6)cc(=O)n54)[nH]3)ccc2N1. The average Bonchev–Trinajstić information content (AvgIpc) is 3.23. The van der Waals surface area contributed by atoms with Gasteiger partial charge >= 0.3 is 0 Å². The number of fused-ring (bicyclic) bond motifs is 4. The number of benzene rings is 2. The van der Waals surface area contributed by atoms with Crippen LogP contribution in [0, 0.1) is 5.92 Å². The van der Waals surface area contributed by atoms with Crippen molar-refractivity contribution in [1.29, 1.82) is 0 Å². The van der Waals surface area contributed by atoms with Crippen LogP contribution in [-0.2, 0) is 11.2 Å². The number of carbonyl (C=O) groups is 1. The Hall–Kier alpha value is -4.28. The second-order valence-corrected chi connectivity index (χ2v) is 11.2. The Labute approximate surface area is 237 Å². The third-order valence-corrected chi connectivity index (χ3v) is 8.38. The molecular weight excluding hydrogens is 551 g/mol. The summed E-state index contributed by atoms with van der Waals surface area (Å²) in [7, 11) is 0. The molecule has 1 aliphatic carbocycles. The van der Waals surface area contributed by atoms with Gasteiger partial charge in [-0.15, -0.1) is 5.10 Å². The minimum absolute atomic E-state index is 0.0412. The maximum absolute atomic E-state index is 13.6. The molecule has 3 unspecified atom stereocenters. The standard InChI is InChI=1S/C28H20Cl2N8O2/c29-15-3-5-22(37-12-23(30)35-36-37)18(8-15)20-10-25(40)38-26(16-9-17(16)28(38)34-20)27-31-11-21(33-27)14-1-4-19-13(7-14)2-6-24(39)32-19/h1,3-5,7-8,10-12,16-17,26H,2,6,9H2,(H,31,33)(H,32,39). The Morgan fingerprint density at radius 1 is 1.02 bits per heavy atom. The van der Waals surface area contributed by atoms with Crippen LogP contribution in [0.3, 0.4) is 0 Å². The van der Waals surface area contributed by atoms with Gasteiger partial charge in [0.1, 0.15) is 11.6 Å². The summed E-state index contributed by atoms with van der Waals surface area (Å²) in [6.07, 6.45) is 5.53. The summed E-state index contributed by atoms with van der Waals surface area (Å²) < 4.78 is 3.31. The van der Waals surface area contributed by atoms with Crippen LogP contribution in [0.5, 0.6) is 0 Å². The van der Waals surface area contributed by atoms with Gasteiger partial charge in [0.2, 0.25) is 5.91 Å². The first-order chi connectivity index (χ1) is 19.4. The fourth-order valence-corrected chi connectivity index (χ4v) is 6.32. The number of aryl methyl sites for hydroxylation is 1. The highest BCUT2D eigenvalue weighted by molar-refractivity contribution is 6.31. The molecule has 0 radical (unpaired) electrons. The molecule has 198 valence electrons. The van der Waals surface area contributed by atoms with Crippen molar-refractivity contribution in [3.63, 3.8) is 0 Å². The molecule has 2 N–H and O–H groups in total. The Balaban J connectivity index is 1.17. The number of amides is 1. The number of rotatable bonds is 4. The third-order valence-electron chi connectivity index (χ3n) is 7.97. The molecule has 12 heteroatoms. The molecule has 5 aromatic rings. The van der Waals surface area contributed by atoms with Crippen LogP contribution in [0.2, 0.25) is 10.2 Å².